The van der Waals surface area contributed by atoms with Gasteiger partial charge in [-0.15, -0.1) is 0 Å². The van der Waals surface area contributed by atoms with Gasteiger partial charge in [0.05, 0.1) is 0 Å². The van der Waals surface area contributed by atoms with Crippen molar-refractivity contribution in [3.63, 3.8) is 0 Å². The van der Waals surface area contributed by atoms with Crippen LogP contribution in [0.3, 0.4) is 0 Å². The van der Waals surface area contributed by atoms with Crippen LogP contribution in [0.2, 0.25) is 0 Å². The molecule has 2 amide bonds. The van der Waals surface area contributed by atoms with Crippen molar-refractivity contribution < 1.29 is 9.59 Å². The highest BCUT2D eigenvalue weighted by Crippen LogP contribution is 2.19. The van der Waals surface area contributed by atoms with Crippen LogP contribution in [0.25, 0.3) is 11.1 Å². The maximum absolute atomic E-state index is 12.8. The SMILES string of the molecule is CCCCCCNC(=O)C(Cc1ccc(-c2ccccc2)cc1)NC(=O)CCNC(C)C. The van der Waals surface area contributed by atoms with Crippen LogP contribution in [0.4, 0.5) is 0 Å². The van der Waals surface area contributed by atoms with Gasteiger partial charge in [-0.25, -0.2) is 0 Å². The number of amides is 2. The Hall–Kier alpha value is -2.66. The van der Waals surface area contributed by atoms with Gasteiger partial charge in [0, 0.05) is 32.0 Å². The standard InChI is InChI=1S/C27H39N3O2/c1-4-5-6-10-18-29-27(32)25(30-26(31)17-19-28-21(2)3)20-22-13-15-24(16-14-22)23-11-8-7-9-12-23/h7-9,11-16,21,25,28H,4-6,10,17-20H2,1-3H3,(H,29,32)(H,30,31). The Kier molecular flexibility index (Phi) is 11.5. The van der Waals surface area contributed by atoms with Crippen LogP contribution < -0.4 is 16.0 Å². The molecule has 0 spiro atoms. The Morgan fingerprint density at radius 2 is 1.53 bits per heavy atom. The fourth-order valence-electron chi connectivity index (χ4n) is 3.54. The van der Waals surface area contributed by atoms with E-state index in [1.807, 2.05) is 44.2 Å². The Labute approximate surface area is 193 Å². The second-order valence-electron chi connectivity index (χ2n) is 8.60. The quantitative estimate of drug-likeness (QED) is 0.382. The highest BCUT2D eigenvalue weighted by Gasteiger charge is 2.21. The van der Waals surface area contributed by atoms with E-state index in [0.29, 0.717) is 32.0 Å². The first kappa shape index (κ1) is 25.6. The molecule has 1 unspecified atom stereocenters. The summed E-state index contributed by atoms with van der Waals surface area (Å²) in [5, 5.41) is 9.20. The highest BCUT2D eigenvalue weighted by molar-refractivity contribution is 5.88. The summed E-state index contributed by atoms with van der Waals surface area (Å²) in [6, 6.07) is 18.2. The number of carbonyl (C=O) groups is 2. The molecule has 0 saturated heterocycles. The van der Waals surface area contributed by atoms with Gasteiger partial charge in [0.1, 0.15) is 6.04 Å². The molecule has 0 radical (unpaired) electrons. The minimum absolute atomic E-state index is 0.106. The molecule has 174 valence electrons. The Morgan fingerprint density at radius 1 is 0.844 bits per heavy atom. The van der Waals surface area contributed by atoms with Crippen LogP contribution >= 0.6 is 0 Å². The monoisotopic (exact) mass is 437 g/mol. The van der Waals surface area contributed by atoms with Crippen LogP contribution in [-0.4, -0.2) is 37.0 Å². The van der Waals surface area contributed by atoms with Crippen LogP contribution in [0, 0.1) is 0 Å². The molecule has 0 aromatic heterocycles. The molecule has 0 bridgehead atoms. The number of unbranched alkanes of at least 4 members (excludes halogenated alkanes) is 3. The molecule has 2 aromatic carbocycles. The molecule has 0 aliphatic rings. The minimum atomic E-state index is -0.574. The third-order valence-electron chi connectivity index (χ3n) is 5.39. The first-order valence-corrected chi connectivity index (χ1v) is 11.9. The van der Waals surface area contributed by atoms with E-state index in [2.05, 4.69) is 47.1 Å². The Morgan fingerprint density at radius 3 is 2.19 bits per heavy atom. The van der Waals surface area contributed by atoms with Gasteiger partial charge in [-0.2, -0.15) is 0 Å². The van der Waals surface area contributed by atoms with Crippen LogP contribution in [0.15, 0.2) is 54.6 Å². The average molecular weight is 438 g/mol. The number of nitrogens with one attached hydrogen (secondary N) is 3. The van der Waals surface area contributed by atoms with Crippen molar-refractivity contribution in [1.82, 2.24) is 16.0 Å². The number of carbonyl (C=O) groups excluding carboxylic acids is 2. The van der Waals surface area contributed by atoms with Gasteiger partial charge >= 0.3 is 0 Å². The van der Waals surface area contributed by atoms with E-state index < -0.39 is 6.04 Å². The van der Waals surface area contributed by atoms with Crippen molar-refractivity contribution in [3.8, 4) is 11.1 Å². The molecular formula is C27H39N3O2. The van der Waals surface area contributed by atoms with Gasteiger partial charge in [0.25, 0.3) is 0 Å². The molecule has 0 aliphatic carbocycles. The number of benzene rings is 2. The highest BCUT2D eigenvalue weighted by atomic mass is 16.2. The van der Waals surface area contributed by atoms with Gasteiger partial charge < -0.3 is 16.0 Å². The molecule has 5 heteroatoms. The van der Waals surface area contributed by atoms with E-state index >= 15 is 0 Å². The fourth-order valence-corrected chi connectivity index (χ4v) is 3.54. The summed E-state index contributed by atoms with van der Waals surface area (Å²) in [6.07, 6.45) is 5.23. The average Bonchev–Trinajstić information content (AvgIpc) is 2.79. The summed E-state index contributed by atoms with van der Waals surface area (Å²) >= 11 is 0. The second kappa shape index (κ2) is 14.4. The van der Waals surface area contributed by atoms with Crippen molar-refractivity contribution >= 4 is 11.8 Å². The zero-order valence-electron chi connectivity index (χ0n) is 19.8. The normalized spacial score (nSPS) is 11.9. The lowest BCUT2D eigenvalue weighted by atomic mass is 10.00. The summed E-state index contributed by atoms with van der Waals surface area (Å²) < 4.78 is 0. The molecule has 0 fully saturated rings. The topological polar surface area (TPSA) is 70.2 Å². The zero-order chi connectivity index (χ0) is 23.2. The van der Waals surface area contributed by atoms with Crippen LogP contribution in [-0.2, 0) is 16.0 Å². The number of hydrogen-bond donors (Lipinski definition) is 3. The summed E-state index contributed by atoms with van der Waals surface area (Å²) in [4.78, 5) is 25.3. The lowest BCUT2D eigenvalue weighted by Gasteiger charge is -2.19. The van der Waals surface area contributed by atoms with Gasteiger partial charge in [-0.1, -0.05) is 94.6 Å². The van der Waals surface area contributed by atoms with Gasteiger partial charge in [-0.3, -0.25) is 9.59 Å². The van der Waals surface area contributed by atoms with E-state index in [4.69, 9.17) is 0 Å². The van der Waals surface area contributed by atoms with Crippen molar-refractivity contribution in [2.75, 3.05) is 13.1 Å². The molecule has 0 heterocycles. The van der Waals surface area contributed by atoms with Gasteiger partial charge in [-0.05, 0) is 23.1 Å². The van der Waals surface area contributed by atoms with E-state index in [-0.39, 0.29) is 11.8 Å². The third-order valence-corrected chi connectivity index (χ3v) is 5.39. The van der Waals surface area contributed by atoms with Crippen molar-refractivity contribution in [3.05, 3.63) is 60.2 Å². The predicted octanol–water partition coefficient (Wildman–Crippen LogP) is 4.47. The molecule has 2 rings (SSSR count). The van der Waals surface area contributed by atoms with E-state index in [9.17, 15) is 9.59 Å². The maximum Gasteiger partial charge on any atom is 0.242 e. The molecule has 32 heavy (non-hydrogen) atoms. The summed E-state index contributed by atoms with van der Waals surface area (Å²) in [5.41, 5.74) is 3.32. The number of rotatable bonds is 14. The Bertz CT molecular complexity index is 803. The van der Waals surface area contributed by atoms with Crippen molar-refractivity contribution in [2.24, 2.45) is 0 Å². The molecule has 3 N–H and O–H groups in total. The fraction of sp³-hybridized carbons (Fsp3) is 0.481. The number of hydrogen-bond acceptors (Lipinski definition) is 3. The van der Waals surface area contributed by atoms with Gasteiger partial charge in [0.2, 0.25) is 11.8 Å². The first-order chi connectivity index (χ1) is 15.5. The molecule has 2 aromatic rings. The van der Waals surface area contributed by atoms with Crippen molar-refractivity contribution in [1.29, 1.82) is 0 Å². The summed E-state index contributed by atoms with van der Waals surface area (Å²) in [6.45, 7) is 7.51. The molecular weight excluding hydrogens is 398 g/mol. The molecule has 5 nitrogen and oxygen atoms in total. The third kappa shape index (κ3) is 9.65. The van der Waals surface area contributed by atoms with Crippen molar-refractivity contribution in [2.45, 2.75) is 71.4 Å². The maximum atomic E-state index is 12.8. The summed E-state index contributed by atoms with van der Waals surface area (Å²) in [5.74, 6) is -0.219. The second-order valence-corrected chi connectivity index (χ2v) is 8.60. The Balaban J connectivity index is 1.99. The lowest BCUT2D eigenvalue weighted by molar-refractivity contribution is -0.129. The van der Waals surface area contributed by atoms with Crippen LogP contribution in [0.5, 0.6) is 0 Å². The zero-order valence-corrected chi connectivity index (χ0v) is 19.8. The molecule has 1 atom stereocenters. The molecule has 0 aliphatic heterocycles. The summed E-state index contributed by atoms with van der Waals surface area (Å²) in [7, 11) is 0. The van der Waals surface area contributed by atoms with E-state index in [1.165, 1.54) is 6.42 Å². The lowest BCUT2D eigenvalue weighted by Crippen LogP contribution is -2.48. The van der Waals surface area contributed by atoms with Gasteiger partial charge in [0.15, 0.2) is 0 Å². The van der Waals surface area contributed by atoms with Crippen LogP contribution in [0.1, 0.15) is 58.4 Å². The largest absolute Gasteiger partial charge is 0.354 e. The first-order valence-electron chi connectivity index (χ1n) is 11.9. The predicted molar refractivity (Wildman–Crippen MR) is 132 cm³/mol. The van der Waals surface area contributed by atoms with E-state index in [0.717, 1.165) is 36.0 Å². The smallest absolute Gasteiger partial charge is 0.242 e. The minimum Gasteiger partial charge on any atom is -0.354 e. The van der Waals surface area contributed by atoms with E-state index in [1.54, 1.807) is 0 Å². The molecule has 0 saturated carbocycles.